The predicted molar refractivity (Wildman–Crippen MR) is 71.5 cm³/mol. The van der Waals surface area contributed by atoms with Crippen LogP contribution in [-0.4, -0.2) is 42.5 Å². The summed E-state index contributed by atoms with van der Waals surface area (Å²) >= 11 is 0. The van der Waals surface area contributed by atoms with Crippen LogP contribution in [0.4, 0.5) is 5.69 Å². The van der Waals surface area contributed by atoms with E-state index in [9.17, 15) is 4.79 Å². The largest absolute Gasteiger partial charge is 0.385 e. The first-order chi connectivity index (χ1) is 8.65. The molecule has 1 aromatic rings. The van der Waals surface area contributed by atoms with E-state index in [0.29, 0.717) is 11.6 Å². The zero-order chi connectivity index (χ0) is 13.0. The number of aromatic nitrogens is 1. The molecule has 1 aliphatic heterocycles. The lowest BCUT2D eigenvalue weighted by Crippen LogP contribution is -2.33. The molecular formula is C13H20N4O. The highest BCUT2D eigenvalue weighted by molar-refractivity contribution is 5.91. The fraction of sp³-hybridized carbons (Fsp3) is 0.538. The molecule has 0 aliphatic carbocycles. The number of amides is 1. The van der Waals surface area contributed by atoms with Crippen LogP contribution >= 0.6 is 0 Å². The molecule has 5 nitrogen and oxygen atoms in total. The Morgan fingerprint density at radius 3 is 2.94 bits per heavy atom. The zero-order valence-corrected chi connectivity index (χ0v) is 10.7. The van der Waals surface area contributed by atoms with Gasteiger partial charge in [0.2, 0.25) is 0 Å². The van der Waals surface area contributed by atoms with E-state index in [1.807, 2.05) is 6.07 Å². The van der Waals surface area contributed by atoms with Crippen LogP contribution in [0.3, 0.4) is 0 Å². The van der Waals surface area contributed by atoms with E-state index >= 15 is 0 Å². The van der Waals surface area contributed by atoms with Crippen molar-refractivity contribution in [3.63, 3.8) is 0 Å². The summed E-state index contributed by atoms with van der Waals surface area (Å²) in [5, 5.41) is 3.36. The first-order valence-electron chi connectivity index (χ1n) is 6.33. The monoisotopic (exact) mass is 248 g/mol. The maximum Gasteiger partial charge on any atom is 0.267 e. The van der Waals surface area contributed by atoms with E-state index < -0.39 is 5.91 Å². The SMILES string of the molecule is CN1CCC(CNc2ccnc(C(N)=O)c2)CC1. The van der Waals surface area contributed by atoms with Crippen molar-refractivity contribution in [3.8, 4) is 0 Å². The van der Waals surface area contributed by atoms with Crippen molar-refractivity contribution in [3.05, 3.63) is 24.0 Å². The highest BCUT2D eigenvalue weighted by atomic mass is 16.1. The first kappa shape index (κ1) is 12.8. The Morgan fingerprint density at radius 2 is 2.28 bits per heavy atom. The Balaban J connectivity index is 1.86. The minimum atomic E-state index is -0.488. The minimum Gasteiger partial charge on any atom is -0.385 e. The summed E-state index contributed by atoms with van der Waals surface area (Å²) in [6.07, 6.45) is 4.05. The molecule has 0 aromatic carbocycles. The average Bonchev–Trinajstić information content (AvgIpc) is 2.38. The van der Waals surface area contributed by atoms with Crippen molar-refractivity contribution in [1.29, 1.82) is 0 Å². The minimum absolute atomic E-state index is 0.309. The number of carbonyl (C=O) groups is 1. The summed E-state index contributed by atoms with van der Waals surface area (Å²) in [5.41, 5.74) is 6.43. The van der Waals surface area contributed by atoms with Crippen LogP contribution in [0.5, 0.6) is 0 Å². The number of piperidine rings is 1. The van der Waals surface area contributed by atoms with Gasteiger partial charge in [0.15, 0.2) is 0 Å². The van der Waals surface area contributed by atoms with Gasteiger partial charge in [0.25, 0.3) is 5.91 Å². The van der Waals surface area contributed by atoms with Crippen LogP contribution in [0.15, 0.2) is 18.3 Å². The van der Waals surface area contributed by atoms with E-state index in [1.54, 1.807) is 12.3 Å². The van der Waals surface area contributed by atoms with Gasteiger partial charge in [-0.15, -0.1) is 0 Å². The van der Waals surface area contributed by atoms with Crippen molar-refractivity contribution < 1.29 is 4.79 Å². The van der Waals surface area contributed by atoms with Crippen LogP contribution in [-0.2, 0) is 0 Å². The van der Waals surface area contributed by atoms with Gasteiger partial charge in [-0.3, -0.25) is 9.78 Å². The van der Waals surface area contributed by atoms with Crippen LogP contribution in [0.1, 0.15) is 23.3 Å². The summed E-state index contributed by atoms with van der Waals surface area (Å²) in [7, 11) is 2.16. The highest BCUT2D eigenvalue weighted by Crippen LogP contribution is 2.17. The molecule has 1 aromatic heterocycles. The lowest BCUT2D eigenvalue weighted by Gasteiger charge is -2.29. The van der Waals surface area contributed by atoms with E-state index in [2.05, 4.69) is 22.2 Å². The second-order valence-corrected chi connectivity index (χ2v) is 4.92. The molecule has 2 heterocycles. The summed E-state index contributed by atoms with van der Waals surface area (Å²) < 4.78 is 0. The maximum absolute atomic E-state index is 11.0. The van der Waals surface area contributed by atoms with Crippen molar-refractivity contribution in [1.82, 2.24) is 9.88 Å². The molecule has 0 spiro atoms. The van der Waals surface area contributed by atoms with Crippen molar-refractivity contribution in [2.24, 2.45) is 11.7 Å². The molecule has 3 N–H and O–H groups in total. The van der Waals surface area contributed by atoms with Gasteiger partial charge in [-0.1, -0.05) is 0 Å². The summed E-state index contributed by atoms with van der Waals surface area (Å²) in [4.78, 5) is 17.3. The predicted octanol–water partition coefficient (Wildman–Crippen LogP) is 0.934. The lowest BCUT2D eigenvalue weighted by atomic mass is 9.97. The topological polar surface area (TPSA) is 71.2 Å². The molecular weight excluding hydrogens is 228 g/mol. The Morgan fingerprint density at radius 1 is 1.56 bits per heavy atom. The van der Waals surface area contributed by atoms with Gasteiger partial charge in [-0.25, -0.2) is 0 Å². The fourth-order valence-electron chi connectivity index (χ4n) is 2.20. The molecule has 1 aliphatic rings. The van der Waals surface area contributed by atoms with Gasteiger partial charge < -0.3 is 16.0 Å². The van der Waals surface area contributed by atoms with Gasteiger partial charge in [0.05, 0.1) is 0 Å². The summed E-state index contributed by atoms with van der Waals surface area (Å²) in [6.45, 7) is 3.26. The normalized spacial score (nSPS) is 17.6. The number of primary amides is 1. The maximum atomic E-state index is 11.0. The second-order valence-electron chi connectivity index (χ2n) is 4.92. The quantitative estimate of drug-likeness (QED) is 0.831. The van der Waals surface area contributed by atoms with Crippen molar-refractivity contribution in [2.45, 2.75) is 12.8 Å². The summed E-state index contributed by atoms with van der Waals surface area (Å²) in [6, 6.07) is 3.57. The van der Waals surface area contributed by atoms with Crippen LogP contribution in [0.25, 0.3) is 0 Å². The molecule has 98 valence electrons. The second kappa shape index (κ2) is 5.82. The van der Waals surface area contributed by atoms with E-state index in [-0.39, 0.29) is 0 Å². The number of nitrogens with zero attached hydrogens (tertiary/aromatic N) is 2. The molecule has 0 saturated carbocycles. The smallest absolute Gasteiger partial charge is 0.267 e. The molecule has 1 fully saturated rings. The highest BCUT2D eigenvalue weighted by Gasteiger charge is 2.16. The number of carbonyl (C=O) groups excluding carboxylic acids is 1. The molecule has 1 amide bonds. The van der Waals surface area contributed by atoms with Gasteiger partial charge in [0.1, 0.15) is 5.69 Å². The zero-order valence-electron chi connectivity index (χ0n) is 10.7. The molecule has 0 atom stereocenters. The summed E-state index contributed by atoms with van der Waals surface area (Å²) in [5.74, 6) is 0.212. The Labute approximate surface area is 107 Å². The Bertz CT molecular complexity index is 413. The molecule has 18 heavy (non-hydrogen) atoms. The Hall–Kier alpha value is -1.62. The van der Waals surface area contributed by atoms with Crippen LogP contribution < -0.4 is 11.1 Å². The lowest BCUT2D eigenvalue weighted by molar-refractivity contribution is 0.0995. The third-order valence-electron chi connectivity index (χ3n) is 3.45. The van der Waals surface area contributed by atoms with E-state index in [0.717, 1.165) is 25.3 Å². The molecule has 0 radical (unpaired) electrons. The number of nitrogens with two attached hydrogens (primary N) is 1. The molecule has 0 bridgehead atoms. The molecule has 0 unspecified atom stereocenters. The van der Waals surface area contributed by atoms with Crippen LogP contribution in [0.2, 0.25) is 0 Å². The van der Waals surface area contributed by atoms with E-state index in [1.165, 1.54) is 12.8 Å². The third-order valence-corrected chi connectivity index (χ3v) is 3.45. The van der Waals surface area contributed by atoms with E-state index in [4.69, 9.17) is 5.73 Å². The number of anilines is 1. The van der Waals surface area contributed by atoms with Crippen LogP contribution in [0, 0.1) is 5.92 Å². The Kier molecular flexibility index (Phi) is 4.15. The fourth-order valence-corrected chi connectivity index (χ4v) is 2.20. The molecule has 2 rings (SSSR count). The van der Waals surface area contributed by atoms with Gasteiger partial charge in [-0.2, -0.15) is 0 Å². The molecule has 1 saturated heterocycles. The number of hydrogen-bond acceptors (Lipinski definition) is 4. The molecule has 5 heteroatoms. The number of rotatable bonds is 4. The average molecular weight is 248 g/mol. The first-order valence-corrected chi connectivity index (χ1v) is 6.33. The standard InChI is InChI=1S/C13H20N4O/c1-17-6-3-10(4-7-17)9-16-11-2-5-15-12(8-11)13(14)18/h2,5,8,10H,3-4,6-7,9H2,1H3,(H2,14,18)(H,15,16). The van der Waals surface area contributed by atoms with Gasteiger partial charge >= 0.3 is 0 Å². The number of nitrogens with one attached hydrogen (secondary N) is 1. The van der Waals surface area contributed by atoms with Crippen molar-refractivity contribution in [2.75, 3.05) is 32.0 Å². The van der Waals surface area contributed by atoms with Gasteiger partial charge in [-0.05, 0) is 51.0 Å². The van der Waals surface area contributed by atoms with Crippen molar-refractivity contribution >= 4 is 11.6 Å². The number of likely N-dealkylation sites (tertiary alicyclic amines) is 1. The van der Waals surface area contributed by atoms with Gasteiger partial charge in [0, 0.05) is 18.4 Å². The number of hydrogen-bond donors (Lipinski definition) is 2. The number of pyridine rings is 1. The third kappa shape index (κ3) is 3.43.